The predicted octanol–water partition coefficient (Wildman–Crippen LogP) is 2.97. The Morgan fingerprint density at radius 1 is 1.39 bits per heavy atom. The summed E-state index contributed by atoms with van der Waals surface area (Å²) in [5.41, 5.74) is 1.07. The van der Waals surface area contributed by atoms with Gasteiger partial charge in [0.25, 0.3) is 0 Å². The molecule has 1 amide bonds. The van der Waals surface area contributed by atoms with Gasteiger partial charge >= 0.3 is 5.97 Å². The van der Waals surface area contributed by atoms with Crippen molar-refractivity contribution in [2.45, 2.75) is 26.2 Å². The van der Waals surface area contributed by atoms with Gasteiger partial charge < -0.3 is 14.7 Å². The fraction of sp³-hybridized carbons (Fsp3) is 0.529. The topological polar surface area (TPSA) is 66.8 Å². The SMILES string of the molecule is CCN(CCC(=O)O)C(=O)C(CCOC)Cc1cccc(Br)c1. The number of hydrogen-bond acceptors (Lipinski definition) is 3. The van der Waals surface area contributed by atoms with Crippen LogP contribution in [0, 0.1) is 5.92 Å². The molecule has 0 heterocycles. The van der Waals surface area contributed by atoms with Gasteiger partial charge in [0.2, 0.25) is 5.91 Å². The van der Waals surface area contributed by atoms with Gasteiger partial charge in [-0.3, -0.25) is 9.59 Å². The van der Waals surface area contributed by atoms with Gasteiger partial charge in [0.1, 0.15) is 0 Å². The number of benzene rings is 1. The number of carbonyl (C=O) groups is 2. The third-order valence-corrected chi connectivity index (χ3v) is 4.17. The van der Waals surface area contributed by atoms with Crippen molar-refractivity contribution in [1.29, 1.82) is 0 Å². The Morgan fingerprint density at radius 2 is 2.13 bits per heavy atom. The lowest BCUT2D eigenvalue weighted by Crippen LogP contribution is -2.38. The third-order valence-electron chi connectivity index (χ3n) is 3.68. The van der Waals surface area contributed by atoms with E-state index < -0.39 is 5.97 Å². The summed E-state index contributed by atoms with van der Waals surface area (Å²) >= 11 is 3.44. The molecule has 23 heavy (non-hydrogen) atoms. The molecule has 1 rings (SSSR count). The summed E-state index contributed by atoms with van der Waals surface area (Å²) < 4.78 is 6.10. The van der Waals surface area contributed by atoms with E-state index in [2.05, 4.69) is 15.9 Å². The number of aliphatic carboxylic acids is 1. The quantitative estimate of drug-likeness (QED) is 0.672. The Balaban J connectivity index is 2.81. The van der Waals surface area contributed by atoms with Crippen molar-refractivity contribution in [2.75, 3.05) is 26.8 Å². The number of ether oxygens (including phenoxy) is 1. The lowest BCUT2D eigenvalue weighted by atomic mass is 9.95. The van der Waals surface area contributed by atoms with Crippen LogP contribution in [0.25, 0.3) is 0 Å². The number of hydrogen-bond donors (Lipinski definition) is 1. The largest absolute Gasteiger partial charge is 0.481 e. The third kappa shape index (κ3) is 7.14. The van der Waals surface area contributed by atoms with Gasteiger partial charge in [0.05, 0.1) is 6.42 Å². The van der Waals surface area contributed by atoms with E-state index in [4.69, 9.17) is 9.84 Å². The lowest BCUT2D eigenvalue weighted by molar-refractivity contribution is -0.140. The second-order valence-corrected chi connectivity index (χ2v) is 6.29. The highest BCUT2D eigenvalue weighted by molar-refractivity contribution is 9.10. The van der Waals surface area contributed by atoms with Gasteiger partial charge in [-0.15, -0.1) is 0 Å². The van der Waals surface area contributed by atoms with Crippen molar-refractivity contribution in [3.63, 3.8) is 0 Å². The summed E-state index contributed by atoms with van der Waals surface area (Å²) in [4.78, 5) is 25.1. The van der Waals surface area contributed by atoms with Crippen LogP contribution < -0.4 is 0 Å². The first-order valence-electron chi connectivity index (χ1n) is 7.71. The monoisotopic (exact) mass is 385 g/mol. The van der Waals surface area contributed by atoms with Crippen LogP contribution in [0.3, 0.4) is 0 Å². The van der Waals surface area contributed by atoms with Crippen LogP contribution in [-0.4, -0.2) is 48.7 Å². The van der Waals surface area contributed by atoms with E-state index in [9.17, 15) is 9.59 Å². The fourth-order valence-corrected chi connectivity index (χ4v) is 2.88. The van der Waals surface area contributed by atoms with Crippen LogP contribution >= 0.6 is 15.9 Å². The second kappa shape index (κ2) is 10.4. The number of carboxylic acid groups (broad SMARTS) is 1. The molecule has 0 aliphatic heterocycles. The molecule has 128 valence electrons. The molecule has 0 aliphatic carbocycles. The first kappa shape index (κ1) is 19.6. The molecular weight excluding hydrogens is 362 g/mol. The predicted molar refractivity (Wildman–Crippen MR) is 92.3 cm³/mol. The summed E-state index contributed by atoms with van der Waals surface area (Å²) in [6.45, 7) is 3.12. The van der Waals surface area contributed by atoms with Gasteiger partial charge in [0.15, 0.2) is 0 Å². The average molecular weight is 386 g/mol. The van der Waals surface area contributed by atoms with E-state index in [1.165, 1.54) is 0 Å². The van der Waals surface area contributed by atoms with Gasteiger partial charge in [-0.25, -0.2) is 0 Å². The normalized spacial score (nSPS) is 12.0. The Kier molecular flexibility index (Phi) is 8.87. The number of rotatable bonds is 10. The summed E-state index contributed by atoms with van der Waals surface area (Å²) in [5, 5.41) is 8.82. The molecule has 1 N–H and O–H groups in total. The van der Waals surface area contributed by atoms with Crippen LogP contribution in [-0.2, 0) is 20.7 Å². The maximum absolute atomic E-state index is 12.7. The molecule has 0 aromatic heterocycles. The molecule has 1 aromatic carbocycles. The molecule has 0 aliphatic rings. The highest BCUT2D eigenvalue weighted by Crippen LogP contribution is 2.19. The van der Waals surface area contributed by atoms with Crippen LogP contribution in [0.5, 0.6) is 0 Å². The van der Waals surface area contributed by atoms with E-state index in [1.54, 1.807) is 12.0 Å². The van der Waals surface area contributed by atoms with E-state index in [0.717, 1.165) is 10.0 Å². The summed E-state index contributed by atoms with van der Waals surface area (Å²) in [6, 6.07) is 7.88. The number of carbonyl (C=O) groups excluding carboxylic acids is 1. The molecule has 1 aromatic rings. The zero-order valence-corrected chi connectivity index (χ0v) is 15.2. The van der Waals surface area contributed by atoms with Crippen molar-refractivity contribution in [1.82, 2.24) is 4.90 Å². The van der Waals surface area contributed by atoms with E-state index in [0.29, 0.717) is 26.0 Å². The Labute approximate surface area is 145 Å². The molecule has 5 nitrogen and oxygen atoms in total. The second-order valence-electron chi connectivity index (χ2n) is 5.37. The van der Waals surface area contributed by atoms with E-state index in [-0.39, 0.29) is 24.8 Å². The molecule has 1 unspecified atom stereocenters. The first-order valence-corrected chi connectivity index (χ1v) is 8.51. The van der Waals surface area contributed by atoms with Gasteiger partial charge in [-0.1, -0.05) is 28.1 Å². The highest BCUT2D eigenvalue weighted by Gasteiger charge is 2.24. The van der Waals surface area contributed by atoms with Crippen molar-refractivity contribution >= 4 is 27.8 Å². The number of nitrogens with zero attached hydrogens (tertiary/aromatic N) is 1. The van der Waals surface area contributed by atoms with Crippen LogP contribution in [0.4, 0.5) is 0 Å². The van der Waals surface area contributed by atoms with Gasteiger partial charge in [-0.05, 0) is 37.5 Å². The van der Waals surface area contributed by atoms with E-state index >= 15 is 0 Å². The minimum absolute atomic E-state index is 0.00854. The van der Waals surface area contributed by atoms with Gasteiger partial charge in [0, 0.05) is 37.2 Å². The highest BCUT2D eigenvalue weighted by atomic mass is 79.9. The Hall–Kier alpha value is -1.40. The van der Waals surface area contributed by atoms with Crippen molar-refractivity contribution in [2.24, 2.45) is 5.92 Å². The summed E-state index contributed by atoms with van der Waals surface area (Å²) in [6.07, 6.45) is 1.20. The molecular formula is C17H24BrNO4. The van der Waals surface area contributed by atoms with Crippen molar-refractivity contribution in [3.8, 4) is 0 Å². The minimum Gasteiger partial charge on any atom is -0.481 e. The van der Waals surface area contributed by atoms with Crippen molar-refractivity contribution < 1.29 is 19.4 Å². The molecule has 0 spiro atoms. The van der Waals surface area contributed by atoms with Crippen LogP contribution in [0.15, 0.2) is 28.7 Å². The molecule has 0 saturated heterocycles. The first-order chi connectivity index (χ1) is 11.0. The summed E-state index contributed by atoms with van der Waals surface area (Å²) in [5.74, 6) is -1.11. The minimum atomic E-state index is -0.892. The van der Waals surface area contributed by atoms with Crippen LogP contribution in [0.2, 0.25) is 0 Å². The molecule has 6 heteroatoms. The zero-order chi connectivity index (χ0) is 17.2. The Morgan fingerprint density at radius 3 is 2.70 bits per heavy atom. The maximum Gasteiger partial charge on any atom is 0.305 e. The molecule has 0 saturated carbocycles. The molecule has 0 fully saturated rings. The Bertz CT molecular complexity index is 521. The number of methoxy groups -OCH3 is 1. The standard InChI is InChI=1S/C17H24BrNO4/c1-3-19(9-7-16(20)21)17(22)14(8-10-23-2)11-13-5-4-6-15(18)12-13/h4-6,12,14H,3,7-11H2,1-2H3,(H,20,21). The van der Waals surface area contributed by atoms with Crippen LogP contribution in [0.1, 0.15) is 25.3 Å². The zero-order valence-electron chi connectivity index (χ0n) is 13.6. The smallest absolute Gasteiger partial charge is 0.305 e. The number of carboxylic acids is 1. The molecule has 0 bridgehead atoms. The van der Waals surface area contributed by atoms with Gasteiger partial charge in [-0.2, -0.15) is 0 Å². The summed E-state index contributed by atoms with van der Waals surface area (Å²) in [7, 11) is 1.61. The molecule has 1 atom stereocenters. The average Bonchev–Trinajstić information content (AvgIpc) is 2.51. The number of amides is 1. The number of halogens is 1. The van der Waals surface area contributed by atoms with E-state index in [1.807, 2.05) is 31.2 Å². The lowest BCUT2D eigenvalue weighted by Gasteiger charge is -2.26. The molecule has 0 radical (unpaired) electrons. The maximum atomic E-state index is 12.7. The van der Waals surface area contributed by atoms with Crippen molar-refractivity contribution in [3.05, 3.63) is 34.3 Å². The fourth-order valence-electron chi connectivity index (χ4n) is 2.43.